The fourth-order valence-electron chi connectivity index (χ4n) is 1.52. The second kappa shape index (κ2) is 5.82. The van der Waals surface area contributed by atoms with E-state index in [1.165, 1.54) is 12.1 Å². The summed E-state index contributed by atoms with van der Waals surface area (Å²) in [6.07, 6.45) is -2.59. The van der Waals surface area contributed by atoms with E-state index < -0.39 is 6.43 Å². The van der Waals surface area contributed by atoms with E-state index in [1.54, 1.807) is 6.07 Å². The molecule has 0 saturated carbocycles. The molecule has 0 heterocycles. The number of anilines is 2. The highest BCUT2D eigenvalue weighted by Crippen LogP contribution is 2.29. The first-order chi connectivity index (χ1) is 7.95. The van der Waals surface area contributed by atoms with Crippen LogP contribution in [0.25, 0.3) is 0 Å². The number of alkyl halides is 2. The Morgan fingerprint density at radius 2 is 2.00 bits per heavy atom. The highest BCUT2D eigenvalue weighted by Gasteiger charge is 2.17. The van der Waals surface area contributed by atoms with Crippen LogP contribution in [0.4, 0.5) is 20.2 Å². The maximum Gasteiger partial charge on any atom is 0.265 e. The Morgan fingerprint density at radius 1 is 1.35 bits per heavy atom. The van der Waals surface area contributed by atoms with Crippen molar-refractivity contribution >= 4 is 11.4 Å². The van der Waals surface area contributed by atoms with Crippen molar-refractivity contribution in [3.63, 3.8) is 0 Å². The monoisotopic (exact) mass is 244 g/mol. The summed E-state index contributed by atoms with van der Waals surface area (Å²) in [5, 5.41) is 12.1. The Balaban J connectivity index is 2.97. The van der Waals surface area contributed by atoms with Gasteiger partial charge in [0.15, 0.2) is 0 Å². The minimum absolute atomic E-state index is 0.106. The average Bonchev–Trinajstić information content (AvgIpc) is 2.26. The van der Waals surface area contributed by atoms with E-state index >= 15 is 0 Å². The van der Waals surface area contributed by atoms with Crippen LogP contribution >= 0.6 is 0 Å². The Labute approximate surface area is 99.6 Å². The number of nitrogens with two attached hydrogens (primary N) is 1. The van der Waals surface area contributed by atoms with Gasteiger partial charge in [0.2, 0.25) is 0 Å². The van der Waals surface area contributed by atoms with Gasteiger partial charge in [0.05, 0.1) is 12.6 Å². The lowest BCUT2D eigenvalue weighted by Crippen LogP contribution is -2.29. The molecule has 96 valence electrons. The zero-order valence-electron chi connectivity index (χ0n) is 9.95. The second-order valence-electron chi connectivity index (χ2n) is 4.32. The Morgan fingerprint density at radius 3 is 2.47 bits per heavy atom. The van der Waals surface area contributed by atoms with Crippen molar-refractivity contribution in [1.29, 1.82) is 0 Å². The second-order valence-corrected chi connectivity index (χ2v) is 4.32. The smallest absolute Gasteiger partial charge is 0.265 e. The molecule has 0 aliphatic heterocycles. The van der Waals surface area contributed by atoms with Gasteiger partial charge in [-0.25, -0.2) is 8.78 Å². The molecule has 1 aromatic rings. The summed E-state index contributed by atoms with van der Waals surface area (Å²) in [5.74, 6) is 0.142. The molecule has 1 aromatic carbocycles. The highest BCUT2D eigenvalue weighted by atomic mass is 19.3. The number of benzene rings is 1. The van der Waals surface area contributed by atoms with Gasteiger partial charge in [0.25, 0.3) is 6.43 Å². The maximum atomic E-state index is 12.8. The Bertz CT molecular complexity index is 370. The highest BCUT2D eigenvalue weighted by molar-refractivity contribution is 5.59. The van der Waals surface area contributed by atoms with Crippen LogP contribution in [0.3, 0.4) is 0 Å². The van der Waals surface area contributed by atoms with Gasteiger partial charge in [-0.05, 0) is 24.1 Å². The zero-order valence-corrected chi connectivity index (χ0v) is 9.95. The van der Waals surface area contributed by atoms with E-state index in [0.29, 0.717) is 11.4 Å². The number of aliphatic hydroxyl groups excluding tert-OH is 1. The summed E-state index contributed by atoms with van der Waals surface area (Å²) in [6.45, 7) is 3.71. The topological polar surface area (TPSA) is 58.3 Å². The van der Waals surface area contributed by atoms with Gasteiger partial charge < -0.3 is 16.2 Å². The summed E-state index contributed by atoms with van der Waals surface area (Å²) in [6, 6.07) is 4.07. The first-order valence-corrected chi connectivity index (χ1v) is 5.50. The first-order valence-electron chi connectivity index (χ1n) is 5.50. The standard InChI is InChI=1S/C12H18F2N2O/c1-7(2)11(6-17)16-10-4-3-8(15)5-9(10)12(13)14/h3-5,7,11-12,16-17H,6,15H2,1-2H3/t11-/m1/s1. The molecule has 0 aliphatic rings. The van der Waals surface area contributed by atoms with Crippen molar-refractivity contribution in [2.24, 2.45) is 5.92 Å². The summed E-state index contributed by atoms with van der Waals surface area (Å²) in [7, 11) is 0. The molecule has 0 fully saturated rings. The summed E-state index contributed by atoms with van der Waals surface area (Å²) in [4.78, 5) is 0. The number of halogens is 2. The minimum atomic E-state index is -2.59. The average molecular weight is 244 g/mol. The van der Waals surface area contributed by atoms with Crippen molar-refractivity contribution < 1.29 is 13.9 Å². The molecule has 0 bridgehead atoms. The summed E-state index contributed by atoms with van der Waals surface area (Å²) >= 11 is 0. The quantitative estimate of drug-likeness (QED) is 0.698. The molecule has 17 heavy (non-hydrogen) atoms. The first kappa shape index (κ1) is 13.7. The molecule has 1 atom stereocenters. The number of rotatable bonds is 5. The van der Waals surface area contributed by atoms with Crippen LogP contribution in [0.15, 0.2) is 18.2 Å². The van der Waals surface area contributed by atoms with Crippen LogP contribution < -0.4 is 11.1 Å². The van der Waals surface area contributed by atoms with Crippen LogP contribution in [0.5, 0.6) is 0 Å². The van der Waals surface area contributed by atoms with Crippen molar-refractivity contribution in [1.82, 2.24) is 0 Å². The zero-order chi connectivity index (χ0) is 13.0. The third-order valence-corrected chi connectivity index (χ3v) is 2.65. The van der Waals surface area contributed by atoms with Gasteiger partial charge in [-0.3, -0.25) is 0 Å². The van der Waals surface area contributed by atoms with Crippen molar-refractivity contribution in [3.8, 4) is 0 Å². The van der Waals surface area contributed by atoms with E-state index in [2.05, 4.69) is 5.32 Å². The molecule has 0 saturated heterocycles. The Kier molecular flexibility index (Phi) is 4.69. The van der Waals surface area contributed by atoms with Gasteiger partial charge in [-0.15, -0.1) is 0 Å². The van der Waals surface area contributed by atoms with Crippen molar-refractivity contribution in [3.05, 3.63) is 23.8 Å². The third-order valence-electron chi connectivity index (χ3n) is 2.65. The molecular formula is C12H18F2N2O. The van der Waals surface area contributed by atoms with Gasteiger partial charge in [0, 0.05) is 16.9 Å². The number of hydrogen-bond donors (Lipinski definition) is 3. The van der Waals surface area contributed by atoms with Crippen LogP contribution in [0, 0.1) is 5.92 Å². The number of nitrogen functional groups attached to an aromatic ring is 1. The van der Waals surface area contributed by atoms with Crippen molar-refractivity contribution in [2.45, 2.75) is 26.3 Å². The minimum Gasteiger partial charge on any atom is -0.399 e. The van der Waals surface area contributed by atoms with E-state index in [1.807, 2.05) is 13.8 Å². The molecule has 0 spiro atoms. The molecule has 3 nitrogen and oxygen atoms in total. The third kappa shape index (κ3) is 3.56. The number of aliphatic hydroxyl groups is 1. The van der Waals surface area contributed by atoms with E-state index in [9.17, 15) is 8.78 Å². The summed E-state index contributed by atoms with van der Waals surface area (Å²) in [5.41, 5.74) is 5.97. The predicted octanol–water partition coefficient (Wildman–Crippen LogP) is 2.64. The largest absolute Gasteiger partial charge is 0.399 e. The molecule has 0 unspecified atom stereocenters. The lowest BCUT2D eigenvalue weighted by atomic mass is 10.0. The maximum absolute atomic E-state index is 12.8. The normalized spacial score (nSPS) is 13.1. The molecule has 0 aliphatic carbocycles. The molecule has 0 amide bonds. The van der Waals surface area contributed by atoms with Crippen LogP contribution in [0.1, 0.15) is 25.8 Å². The molecular weight excluding hydrogens is 226 g/mol. The molecule has 1 rings (SSSR count). The lowest BCUT2D eigenvalue weighted by Gasteiger charge is -2.23. The number of hydrogen-bond acceptors (Lipinski definition) is 3. The summed E-state index contributed by atoms with van der Waals surface area (Å²) < 4.78 is 25.6. The van der Waals surface area contributed by atoms with Crippen LogP contribution in [-0.2, 0) is 0 Å². The van der Waals surface area contributed by atoms with E-state index in [4.69, 9.17) is 10.8 Å². The van der Waals surface area contributed by atoms with Gasteiger partial charge in [-0.1, -0.05) is 13.8 Å². The Hall–Kier alpha value is -1.36. The van der Waals surface area contributed by atoms with E-state index in [0.717, 1.165) is 0 Å². The predicted molar refractivity (Wildman–Crippen MR) is 65.1 cm³/mol. The van der Waals surface area contributed by atoms with E-state index in [-0.39, 0.29) is 24.1 Å². The fraction of sp³-hybridized carbons (Fsp3) is 0.500. The van der Waals surface area contributed by atoms with Crippen LogP contribution in [-0.4, -0.2) is 17.8 Å². The van der Waals surface area contributed by atoms with Gasteiger partial charge >= 0.3 is 0 Å². The molecule has 4 N–H and O–H groups in total. The lowest BCUT2D eigenvalue weighted by molar-refractivity contribution is 0.152. The van der Waals surface area contributed by atoms with Gasteiger partial charge in [0.1, 0.15) is 0 Å². The van der Waals surface area contributed by atoms with Crippen LogP contribution in [0.2, 0.25) is 0 Å². The SMILES string of the molecule is CC(C)[C@@H](CO)Nc1ccc(N)cc1C(F)F. The van der Waals surface area contributed by atoms with Gasteiger partial charge in [-0.2, -0.15) is 0 Å². The molecule has 0 radical (unpaired) electrons. The molecule has 5 heteroatoms. The molecule has 0 aromatic heterocycles. The van der Waals surface area contributed by atoms with Crippen molar-refractivity contribution in [2.75, 3.05) is 17.7 Å². The number of nitrogens with one attached hydrogen (secondary N) is 1. The fourth-order valence-corrected chi connectivity index (χ4v) is 1.52.